The van der Waals surface area contributed by atoms with Crippen LogP contribution in [0.4, 0.5) is 0 Å². The van der Waals surface area contributed by atoms with Gasteiger partial charge in [0, 0.05) is 38.6 Å². The third kappa shape index (κ3) is 5.56. The molecular weight excluding hydrogens is 705 g/mol. The van der Waals surface area contributed by atoms with E-state index in [0.717, 1.165) is 38.8 Å². The van der Waals surface area contributed by atoms with E-state index in [1.165, 1.54) is 49.9 Å². The highest BCUT2D eigenvalue weighted by Crippen LogP contribution is 2.51. The summed E-state index contributed by atoms with van der Waals surface area (Å²) in [7, 11) is 0. The minimum atomic E-state index is -0.150. The van der Waals surface area contributed by atoms with Crippen LogP contribution in [0.1, 0.15) is 25.0 Å². The molecule has 58 heavy (non-hydrogen) atoms. The first-order valence-electron chi connectivity index (χ1n) is 19.9. The maximum atomic E-state index is 5.12. The van der Waals surface area contributed by atoms with Crippen LogP contribution in [0.3, 0.4) is 0 Å². The SMILES string of the molecule is CC1(C)c2ccccc2-c2cc3c(cc21)c1cc(-c2nc(-c4ccccc4)nc(-c4ccccc4)n2)ccc1n3-c1cc(-c2ccccc2)cc(-c2ccccc2)c1. The Morgan fingerprint density at radius 3 is 1.40 bits per heavy atom. The summed E-state index contributed by atoms with van der Waals surface area (Å²) in [4.78, 5) is 15.2. The summed E-state index contributed by atoms with van der Waals surface area (Å²) < 4.78 is 2.46. The fraction of sp³-hybridized carbons (Fsp3) is 0.0556. The third-order valence-electron chi connectivity index (χ3n) is 11.8. The molecule has 0 aliphatic heterocycles. The molecule has 4 heteroatoms. The summed E-state index contributed by atoms with van der Waals surface area (Å²) in [5, 5.41) is 2.35. The van der Waals surface area contributed by atoms with Crippen LogP contribution in [0.15, 0.2) is 194 Å². The molecule has 0 radical (unpaired) electrons. The predicted molar refractivity (Wildman–Crippen MR) is 239 cm³/mol. The van der Waals surface area contributed by atoms with Crippen molar-refractivity contribution in [2.75, 3.05) is 0 Å². The molecule has 0 spiro atoms. The van der Waals surface area contributed by atoms with Gasteiger partial charge in [-0.2, -0.15) is 0 Å². The lowest BCUT2D eigenvalue weighted by Gasteiger charge is -2.21. The Balaban J connectivity index is 1.20. The number of rotatable bonds is 6. The minimum Gasteiger partial charge on any atom is -0.309 e. The summed E-state index contributed by atoms with van der Waals surface area (Å²) in [5.74, 6) is 1.94. The van der Waals surface area contributed by atoms with Gasteiger partial charge in [-0.3, -0.25) is 0 Å². The average Bonchev–Trinajstić information content (AvgIpc) is 3.73. The van der Waals surface area contributed by atoms with Gasteiger partial charge in [-0.1, -0.05) is 159 Å². The number of aromatic nitrogens is 4. The topological polar surface area (TPSA) is 43.6 Å². The maximum absolute atomic E-state index is 5.12. The van der Waals surface area contributed by atoms with Crippen molar-refractivity contribution in [3.8, 4) is 73.2 Å². The van der Waals surface area contributed by atoms with Crippen molar-refractivity contribution in [1.29, 1.82) is 0 Å². The van der Waals surface area contributed by atoms with Crippen LogP contribution in [-0.4, -0.2) is 19.5 Å². The van der Waals surface area contributed by atoms with Crippen LogP contribution in [0.25, 0.3) is 95.0 Å². The zero-order valence-corrected chi connectivity index (χ0v) is 32.3. The van der Waals surface area contributed by atoms with Crippen LogP contribution in [0.2, 0.25) is 0 Å². The average molecular weight is 743 g/mol. The quantitative estimate of drug-likeness (QED) is 0.170. The molecule has 0 saturated heterocycles. The van der Waals surface area contributed by atoms with Gasteiger partial charge >= 0.3 is 0 Å². The summed E-state index contributed by atoms with van der Waals surface area (Å²) in [5.41, 5.74) is 16.1. The zero-order chi connectivity index (χ0) is 38.8. The van der Waals surface area contributed by atoms with Crippen molar-refractivity contribution in [1.82, 2.24) is 19.5 Å². The lowest BCUT2D eigenvalue weighted by Crippen LogP contribution is -2.14. The second-order valence-electron chi connectivity index (χ2n) is 15.7. The number of benzene rings is 8. The monoisotopic (exact) mass is 742 g/mol. The Morgan fingerprint density at radius 1 is 0.345 bits per heavy atom. The Hall–Kier alpha value is -7.43. The normalized spacial score (nSPS) is 12.8. The van der Waals surface area contributed by atoms with E-state index in [-0.39, 0.29) is 5.41 Å². The number of fused-ring (bicyclic) bond motifs is 6. The largest absolute Gasteiger partial charge is 0.309 e. The van der Waals surface area contributed by atoms with E-state index in [1.54, 1.807) is 0 Å². The van der Waals surface area contributed by atoms with E-state index in [4.69, 9.17) is 15.0 Å². The summed E-state index contributed by atoms with van der Waals surface area (Å²) in [6.45, 7) is 4.70. The third-order valence-corrected chi connectivity index (χ3v) is 11.8. The van der Waals surface area contributed by atoms with Gasteiger partial charge in [-0.05, 0) is 93.0 Å². The highest BCUT2D eigenvalue weighted by molar-refractivity contribution is 6.12. The summed E-state index contributed by atoms with van der Waals surface area (Å²) >= 11 is 0. The smallest absolute Gasteiger partial charge is 0.164 e. The first-order chi connectivity index (χ1) is 28.5. The van der Waals surface area contributed by atoms with Crippen molar-refractivity contribution in [3.05, 3.63) is 205 Å². The van der Waals surface area contributed by atoms with Gasteiger partial charge in [-0.25, -0.2) is 15.0 Å². The van der Waals surface area contributed by atoms with Gasteiger partial charge in [0.2, 0.25) is 0 Å². The Bertz CT molecular complexity index is 3050. The molecule has 0 unspecified atom stereocenters. The molecule has 2 aromatic heterocycles. The molecule has 1 aliphatic carbocycles. The molecular formula is C54H38N4. The van der Waals surface area contributed by atoms with Crippen LogP contribution < -0.4 is 0 Å². The molecule has 274 valence electrons. The van der Waals surface area contributed by atoms with E-state index < -0.39 is 0 Å². The van der Waals surface area contributed by atoms with Crippen LogP contribution in [0.5, 0.6) is 0 Å². The van der Waals surface area contributed by atoms with E-state index in [9.17, 15) is 0 Å². The molecule has 10 aromatic rings. The molecule has 8 aromatic carbocycles. The van der Waals surface area contributed by atoms with Crippen LogP contribution in [-0.2, 0) is 5.41 Å². The van der Waals surface area contributed by atoms with E-state index >= 15 is 0 Å². The molecule has 0 N–H and O–H groups in total. The molecule has 0 bridgehead atoms. The van der Waals surface area contributed by atoms with E-state index in [1.807, 2.05) is 36.4 Å². The van der Waals surface area contributed by atoms with Gasteiger partial charge in [0.15, 0.2) is 17.5 Å². The molecule has 1 aliphatic rings. The van der Waals surface area contributed by atoms with Crippen molar-refractivity contribution in [2.45, 2.75) is 19.3 Å². The maximum Gasteiger partial charge on any atom is 0.164 e. The molecule has 4 nitrogen and oxygen atoms in total. The van der Waals surface area contributed by atoms with Crippen molar-refractivity contribution in [3.63, 3.8) is 0 Å². The van der Waals surface area contributed by atoms with Crippen molar-refractivity contribution >= 4 is 21.8 Å². The fourth-order valence-electron chi connectivity index (χ4n) is 8.90. The van der Waals surface area contributed by atoms with Gasteiger partial charge in [0.1, 0.15) is 0 Å². The zero-order valence-electron chi connectivity index (χ0n) is 32.3. The second-order valence-corrected chi connectivity index (χ2v) is 15.7. The van der Waals surface area contributed by atoms with Crippen molar-refractivity contribution < 1.29 is 0 Å². The first-order valence-corrected chi connectivity index (χ1v) is 19.9. The first kappa shape index (κ1) is 33.9. The number of nitrogens with zero attached hydrogens (tertiary/aromatic N) is 4. The Kier molecular flexibility index (Phi) is 7.80. The van der Waals surface area contributed by atoms with Crippen LogP contribution in [0, 0.1) is 0 Å². The number of hydrogen-bond donors (Lipinski definition) is 0. The second kappa shape index (κ2) is 13.4. The van der Waals surface area contributed by atoms with E-state index in [0.29, 0.717) is 17.5 Å². The molecule has 0 amide bonds. The summed E-state index contributed by atoms with van der Waals surface area (Å²) in [6.07, 6.45) is 0. The minimum absolute atomic E-state index is 0.150. The van der Waals surface area contributed by atoms with Gasteiger partial charge in [0.25, 0.3) is 0 Å². The van der Waals surface area contributed by atoms with Gasteiger partial charge in [-0.15, -0.1) is 0 Å². The standard InChI is InChI=1S/C54H38N4/c1-54(2)47-26-16-15-25-43(47)44-34-50-46(33-48(44)54)45-32-39(53-56-51(37-21-11-5-12-22-37)55-52(57-53)38-23-13-6-14-24-38)27-28-49(45)58(50)42-30-40(35-17-7-3-8-18-35)29-41(31-42)36-19-9-4-10-20-36/h3-34H,1-2H3. The molecule has 0 fully saturated rings. The van der Waals surface area contributed by atoms with Gasteiger partial charge in [0.05, 0.1) is 11.0 Å². The molecule has 2 heterocycles. The van der Waals surface area contributed by atoms with Crippen LogP contribution >= 0.6 is 0 Å². The molecule has 0 saturated carbocycles. The van der Waals surface area contributed by atoms with Gasteiger partial charge < -0.3 is 4.57 Å². The molecule has 0 atom stereocenters. The highest BCUT2D eigenvalue weighted by atomic mass is 15.0. The molecule has 11 rings (SSSR count). The lowest BCUT2D eigenvalue weighted by atomic mass is 9.82. The fourth-order valence-corrected chi connectivity index (χ4v) is 8.90. The summed E-state index contributed by atoms with van der Waals surface area (Å²) in [6, 6.07) is 69.2. The van der Waals surface area contributed by atoms with Crippen molar-refractivity contribution in [2.24, 2.45) is 0 Å². The Morgan fingerprint density at radius 2 is 0.828 bits per heavy atom. The highest BCUT2D eigenvalue weighted by Gasteiger charge is 2.36. The van der Waals surface area contributed by atoms with E-state index in [2.05, 4.69) is 176 Å². The lowest BCUT2D eigenvalue weighted by molar-refractivity contribution is 0.661. The predicted octanol–water partition coefficient (Wildman–Crippen LogP) is 13.6. The number of hydrogen-bond acceptors (Lipinski definition) is 3. The Labute approximate surface area is 337 Å².